The van der Waals surface area contributed by atoms with Crippen molar-refractivity contribution in [1.82, 2.24) is 14.9 Å². The number of rotatable bonds is 5. The van der Waals surface area contributed by atoms with Gasteiger partial charge >= 0.3 is 0 Å². The van der Waals surface area contributed by atoms with Crippen LogP contribution in [-0.4, -0.2) is 34.4 Å². The molecule has 1 amide bonds. The molecule has 4 heterocycles. The summed E-state index contributed by atoms with van der Waals surface area (Å²) in [5.74, 6) is 0.270. The predicted molar refractivity (Wildman–Crippen MR) is 130 cm³/mol. The number of benzene rings is 2. The molecule has 3 aromatic heterocycles. The molecule has 1 aliphatic heterocycles. The van der Waals surface area contributed by atoms with Crippen LogP contribution in [0.2, 0.25) is 0 Å². The molecule has 1 fully saturated rings. The van der Waals surface area contributed by atoms with E-state index in [0.29, 0.717) is 35.4 Å². The van der Waals surface area contributed by atoms with Crippen molar-refractivity contribution < 1.29 is 18.3 Å². The number of pyridine rings is 2. The Labute approximate surface area is 201 Å². The largest absolute Gasteiger partial charge is 0.493 e. The maximum absolute atomic E-state index is 15.0. The molecule has 0 saturated carbocycles. The van der Waals surface area contributed by atoms with Gasteiger partial charge in [0.1, 0.15) is 5.82 Å². The van der Waals surface area contributed by atoms with Crippen LogP contribution >= 0.6 is 0 Å². The van der Waals surface area contributed by atoms with Gasteiger partial charge in [-0.1, -0.05) is 24.3 Å². The van der Waals surface area contributed by atoms with Gasteiger partial charge in [0.2, 0.25) is 5.91 Å². The van der Waals surface area contributed by atoms with Gasteiger partial charge < -0.3 is 14.1 Å². The molecular weight excluding hydrogens is 445 g/mol. The normalized spacial score (nSPS) is 15.9. The summed E-state index contributed by atoms with van der Waals surface area (Å²) in [6.45, 7) is 0.728. The average Bonchev–Trinajstić information content (AvgIpc) is 3.46. The van der Waals surface area contributed by atoms with Gasteiger partial charge in [-0.3, -0.25) is 14.8 Å². The fraction of sp³-hybridized carbons (Fsp3) is 0.179. The number of carbonyl (C=O) groups is 1. The second-order valence-electron chi connectivity index (χ2n) is 8.76. The fourth-order valence-electron chi connectivity index (χ4n) is 4.96. The van der Waals surface area contributed by atoms with Gasteiger partial charge in [0.05, 0.1) is 13.3 Å². The molecule has 6 nitrogen and oxygen atoms in total. The number of fused-ring (bicyclic) bond motifs is 3. The molecule has 6 rings (SSSR count). The van der Waals surface area contributed by atoms with Gasteiger partial charge in [0.15, 0.2) is 16.9 Å². The van der Waals surface area contributed by atoms with Crippen molar-refractivity contribution in [1.29, 1.82) is 0 Å². The van der Waals surface area contributed by atoms with Crippen LogP contribution < -0.4 is 4.74 Å². The summed E-state index contributed by atoms with van der Waals surface area (Å²) in [5, 5.41) is 1.88. The third-order valence-electron chi connectivity index (χ3n) is 6.70. The van der Waals surface area contributed by atoms with Gasteiger partial charge in [0, 0.05) is 65.9 Å². The van der Waals surface area contributed by atoms with Crippen LogP contribution in [0.1, 0.15) is 23.5 Å². The van der Waals surface area contributed by atoms with E-state index in [2.05, 4.69) is 9.97 Å². The number of carbonyl (C=O) groups excluding carboxylic acids is 1. The molecule has 0 spiro atoms. The van der Waals surface area contributed by atoms with Gasteiger partial charge in [-0.05, 0) is 35.4 Å². The summed E-state index contributed by atoms with van der Waals surface area (Å²) in [5.41, 5.74) is 4.44. The van der Waals surface area contributed by atoms with Crippen LogP contribution in [0.5, 0.6) is 5.75 Å². The zero-order chi connectivity index (χ0) is 23.9. The minimum atomic E-state index is -0.331. The van der Waals surface area contributed by atoms with Crippen LogP contribution in [0.4, 0.5) is 4.39 Å². The van der Waals surface area contributed by atoms with Crippen molar-refractivity contribution in [3.63, 3.8) is 0 Å². The second-order valence-corrected chi connectivity index (χ2v) is 8.76. The Morgan fingerprint density at radius 1 is 1.09 bits per heavy atom. The Morgan fingerprint density at radius 2 is 1.97 bits per heavy atom. The van der Waals surface area contributed by atoms with Crippen molar-refractivity contribution in [2.24, 2.45) is 0 Å². The topological polar surface area (TPSA) is 68.5 Å². The first kappa shape index (κ1) is 21.3. The highest BCUT2D eigenvalue weighted by atomic mass is 19.1. The molecule has 35 heavy (non-hydrogen) atoms. The number of methoxy groups -OCH3 is 1. The van der Waals surface area contributed by atoms with E-state index in [0.717, 1.165) is 27.5 Å². The number of hydrogen-bond donors (Lipinski definition) is 0. The number of amides is 1. The third kappa shape index (κ3) is 3.69. The molecule has 7 heteroatoms. The molecule has 0 radical (unpaired) electrons. The Hall–Kier alpha value is -4.26. The van der Waals surface area contributed by atoms with Crippen molar-refractivity contribution >= 4 is 27.8 Å². The molecule has 2 aromatic carbocycles. The highest BCUT2D eigenvalue weighted by molar-refractivity contribution is 6.08. The zero-order valence-electron chi connectivity index (χ0n) is 19.1. The summed E-state index contributed by atoms with van der Waals surface area (Å²) in [7, 11) is 1.61. The monoisotopic (exact) mass is 467 g/mol. The second kappa shape index (κ2) is 8.51. The van der Waals surface area contributed by atoms with Crippen LogP contribution in [0.15, 0.2) is 77.7 Å². The number of nitrogens with zero attached hydrogens (tertiary/aromatic N) is 3. The molecule has 1 atom stereocenters. The minimum Gasteiger partial charge on any atom is -0.493 e. The number of hydrogen-bond acceptors (Lipinski definition) is 5. The first-order valence-corrected chi connectivity index (χ1v) is 11.4. The lowest BCUT2D eigenvalue weighted by atomic mass is 9.93. The summed E-state index contributed by atoms with van der Waals surface area (Å²) >= 11 is 0. The molecule has 1 unspecified atom stereocenters. The third-order valence-corrected chi connectivity index (χ3v) is 6.70. The predicted octanol–water partition coefficient (Wildman–Crippen LogP) is 5.71. The fourth-order valence-corrected chi connectivity index (χ4v) is 4.96. The lowest BCUT2D eigenvalue weighted by molar-refractivity contribution is -0.128. The molecule has 1 aliphatic rings. The summed E-state index contributed by atoms with van der Waals surface area (Å²) in [6.07, 6.45) is 7.15. The van der Waals surface area contributed by atoms with Crippen LogP contribution in [0.3, 0.4) is 0 Å². The van der Waals surface area contributed by atoms with Gasteiger partial charge in [-0.2, -0.15) is 0 Å². The lowest BCUT2D eigenvalue weighted by Crippen LogP contribution is -2.25. The Morgan fingerprint density at radius 3 is 2.77 bits per heavy atom. The first-order chi connectivity index (χ1) is 17.1. The maximum Gasteiger partial charge on any atom is 0.223 e. The van der Waals surface area contributed by atoms with Gasteiger partial charge in [-0.25, -0.2) is 4.39 Å². The van der Waals surface area contributed by atoms with Crippen molar-refractivity contribution in [3.8, 4) is 16.9 Å². The summed E-state index contributed by atoms with van der Waals surface area (Å²) < 4.78 is 26.5. The SMILES string of the molecule is COc1ccc(C2CC(=O)N(Cc3ccc(-c4cccnc4)cc3F)C2)c2c1oc1cnccc12. The van der Waals surface area contributed by atoms with Gasteiger partial charge in [0.25, 0.3) is 0 Å². The quantitative estimate of drug-likeness (QED) is 0.331. The standard InChI is InChI=1S/C28H22FN3O3/c1-34-24-7-6-21(27-22-8-10-31-14-25(22)35-28(24)27)20-12-26(33)32(16-20)15-19-5-4-17(11-23(19)29)18-3-2-9-30-13-18/h2-11,13-14,20H,12,15-16H2,1H3. The smallest absolute Gasteiger partial charge is 0.223 e. The van der Waals surface area contributed by atoms with Crippen molar-refractivity contribution in [2.75, 3.05) is 13.7 Å². The molecule has 0 bridgehead atoms. The Balaban J connectivity index is 1.30. The van der Waals surface area contributed by atoms with Crippen LogP contribution in [-0.2, 0) is 11.3 Å². The molecule has 1 saturated heterocycles. The van der Waals surface area contributed by atoms with Gasteiger partial charge in [-0.15, -0.1) is 0 Å². The van der Waals surface area contributed by atoms with E-state index >= 15 is 0 Å². The average molecular weight is 468 g/mol. The van der Waals surface area contributed by atoms with E-state index < -0.39 is 0 Å². The summed E-state index contributed by atoms with van der Waals surface area (Å²) in [6, 6.07) is 14.6. The van der Waals surface area contributed by atoms with E-state index in [4.69, 9.17) is 9.15 Å². The van der Waals surface area contributed by atoms with E-state index in [1.807, 2.05) is 36.4 Å². The highest BCUT2D eigenvalue weighted by Crippen LogP contribution is 2.42. The van der Waals surface area contributed by atoms with Crippen molar-refractivity contribution in [2.45, 2.75) is 18.9 Å². The molecular formula is C28H22FN3O3. The van der Waals surface area contributed by atoms with E-state index in [1.165, 1.54) is 6.07 Å². The number of aromatic nitrogens is 2. The van der Waals surface area contributed by atoms with Crippen LogP contribution in [0, 0.1) is 5.82 Å². The Bertz CT molecular complexity index is 1560. The Kier molecular flexibility index (Phi) is 5.17. The number of furan rings is 1. The van der Waals surface area contributed by atoms with E-state index in [1.54, 1.807) is 42.9 Å². The lowest BCUT2D eigenvalue weighted by Gasteiger charge is -2.18. The molecule has 174 valence electrons. The van der Waals surface area contributed by atoms with Crippen molar-refractivity contribution in [3.05, 3.63) is 90.3 Å². The molecule has 0 aliphatic carbocycles. The van der Waals surface area contributed by atoms with E-state index in [9.17, 15) is 9.18 Å². The minimum absolute atomic E-state index is 0.00386. The number of halogens is 1. The molecule has 5 aromatic rings. The van der Waals surface area contributed by atoms with E-state index in [-0.39, 0.29) is 24.2 Å². The number of likely N-dealkylation sites (tertiary alicyclic amines) is 1. The first-order valence-electron chi connectivity index (χ1n) is 11.4. The summed E-state index contributed by atoms with van der Waals surface area (Å²) in [4.78, 5) is 22.9. The maximum atomic E-state index is 15.0. The van der Waals surface area contributed by atoms with Crippen LogP contribution in [0.25, 0.3) is 33.1 Å². The highest BCUT2D eigenvalue weighted by Gasteiger charge is 2.33. The number of ether oxygens (including phenoxy) is 1. The molecule has 0 N–H and O–H groups in total. The zero-order valence-corrected chi connectivity index (χ0v) is 19.1.